The van der Waals surface area contributed by atoms with E-state index in [9.17, 15) is 4.79 Å². The van der Waals surface area contributed by atoms with E-state index in [2.05, 4.69) is 17.4 Å². The van der Waals surface area contributed by atoms with Gasteiger partial charge in [0.2, 0.25) is 0 Å². The molecule has 0 radical (unpaired) electrons. The van der Waals surface area contributed by atoms with Crippen molar-refractivity contribution in [2.24, 2.45) is 5.84 Å². The van der Waals surface area contributed by atoms with Gasteiger partial charge in [0, 0.05) is 11.4 Å². The highest BCUT2D eigenvalue weighted by atomic mass is 32.1. The maximum Gasteiger partial charge on any atom is 0.275 e. The summed E-state index contributed by atoms with van der Waals surface area (Å²) in [7, 11) is 0. The molecule has 19 heavy (non-hydrogen) atoms. The first-order chi connectivity index (χ1) is 9.22. The van der Waals surface area contributed by atoms with Crippen LogP contribution in [0.2, 0.25) is 0 Å². The number of nitrogens with zero attached hydrogens (tertiary/aromatic N) is 2. The molecule has 0 unspecified atom stereocenters. The Balaban J connectivity index is 1.90. The van der Waals surface area contributed by atoms with E-state index in [0.717, 1.165) is 23.6 Å². The molecule has 0 saturated heterocycles. The monoisotopic (exact) mass is 280 g/mol. The van der Waals surface area contributed by atoms with Crippen LogP contribution >= 0.6 is 11.3 Å². The van der Waals surface area contributed by atoms with Crippen molar-refractivity contribution in [2.45, 2.75) is 26.5 Å². The number of aryl methyl sites for hydroxylation is 1. The predicted octanol–water partition coefficient (Wildman–Crippen LogP) is 1.54. The number of aromatic nitrogens is 2. The number of hydrazine groups is 1. The van der Waals surface area contributed by atoms with Gasteiger partial charge in [-0.2, -0.15) is 5.10 Å². The normalized spacial score (nSPS) is 10.4. The number of nitrogens with one attached hydrogen (secondary N) is 1. The molecule has 7 heteroatoms. The van der Waals surface area contributed by atoms with E-state index in [0.29, 0.717) is 11.5 Å². The minimum atomic E-state index is -0.285. The van der Waals surface area contributed by atoms with Crippen molar-refractivity contribution in [1.82, 2.24) is 15.2 Å². The van der Waals surface area contributed by atoms with Crippen LogP contribution < -0.4 is 16.0 Å². The molecule has 102 valence electrons. The third-order valence-corrected chi connectivity index (χ3v) is 3.52. The van der Waals surface area contributed by atoms with Gasteiger partial charge in [0.25, 0.3) is 5.91 Å². The number of nitrogens with two attached hydrogens (primary N) is 1. The number of carbonyl (C=O) groups is 1. The number of hydrogen-bond acceptors (Lipinski definition) is 5. The highest BCUT2D eigenvalue weighted by molar-refractivity contribution is 7.14. The number of ether oxygens (including phenoxy) is 1. The molecule has 0 aromatic carbocycles. The number of carbonyl (C=O) groups excluding carboxylic acids is 1. The molecular weight excluding hydrogens is 264 g/mol. The molecule has 2 aromatic heterocycles. The van der Waals surface area contributed by atoms with Crippen LogP contribution in [-0.4, -0.2) is 15.7 Å². The highest BCUT2D eigenvalue weighted by Gasteiger charge is 2.08. The minimum Gasteiger partial charge on any atom is -0.485 e. The van der Waals surface area contributed by atoms with E-state index in [4.69, 9.17) is 10.6 Å². The van der Waals surface area contributed by atoms with Crippen LogP contribution in [0.4, 0.5) is 0 Å². The quantitative estimate of drug-likeness (QED) is 0.477. The molecule has 0 aliphatic carbocycles. The number of amides is 1. The van der Waals surface area contributed by atoms with E-state index in [1.807, 2.05) is 16.9 Å². The molecule has 0 spiro atoms. The molecule has 2 rings (SSSR count). The molecule has 0 aliphatic rings. The van der Waals surface area contributed by atoms with E-state index in [1.54, 1.807) is 12.3 Å². The third kappa shape index (κ3) is 3.55. The summed E-state index contributed by atoms with van der Waals surface area (Å²) in [5.41, 5.74) is 2.10. The van der Waals surface area contributed by atoms with Crippen molar-refractivity contribution in [2.75, 3.05) is 0 Å². The molecule has 0 bridgehead atoms. The largest absolute Gasteiger partial charge is 0.485 e. The second kappa shape index (κ2) is 6.35. The maximum absolute atomic E-state index is 11.3. The summed E-state index contributed by atoms with van der Waals surface area (Å²) >= 11 is 1.36. The lowest BCUT2D eigenvalue weighted by Crippen LogP contribution is -2.29. The molecule has 2 aromatic rings. The van der Waals surface area contributed by atoms with Gasteiger partial charge in [-0.15, -0.1) is 11.3 Å². The molecular formula is C12H16N4O2S. The Morgan fingerprint density at radius 1 is 1.58 bits per heavy atom. The number of thiophene rings is 1. The van der Waals surface area contributed by atoms with Crippen LogP contribution in [-0.2, 0) is 13.2 Å². The fraction of sp³-hybridized carbons (Fsp3) is 0.333. The average Bonchev–Trinajstić information content (AvgIpc) is 3.05. The summed E-state index contributed by atoms with van der Waals surface area (Å²) < 4.78 is 7.45. The number of rotatable bonds is 6. The summed E-state index contributed by atoms with van der Waals surface area (Å²) in [6.45, 7) is 3.39. The lowest BCUT2D eigenvalue weighted by atomic mass is 10.4. The number of nitrogen functional groups attached to an aromatic ring is 1. The summed E-state index contributed by atoms with van der Waals surface area (Å²) in [5.74, 6) is 5.52. The van der Waals surface area contributed by atoms with Crippen molar-refractivity contribution in [1.29, 1.82) is 0 Å². The van der Waals surface area contributed by atoms with Gasteiger partial charge in [0.05, 0.1) is 17.3 Å². The second-order valence-electron chi connectivity index (χ2n) is 3.97. The molecule has 0 atom stereocenters. The van der Waals surface area contributed by atoms with Crippen molar-refractivity contribution in [3.63, 3.8) is 0 Å². The van der Waals surface area contributed by atoms with Crippen molar-refractivity contribution in [3.8, 4) is 5.75 Å². The van der Waals surface area contributed by atoms with Crippen LogP contribution in [0.3, 0.4) is 0 Å². The van der Waals surface area contributed by atoms with Gasteiger partial charge in [-0.05, 0) is 18.6 Å². The van der Waals surface area contributed by atoms with Crippen LogP contribution in [0.5, 0.6) is 5.75 Å². The summed E-state index contributed by atoms with van der Waals surface area (Å²) in [4.78, 5) is 12.8. The fourth-order valence-electron chi connectivity index (χ4n) is 1.57. The third-order valence-electron chi connectivity index (χ3n) is 2.46. The zero-order valence-electron chi connectivity index (χ0n) is 10.6. The topological polar surface area (TPSA) is 82.2 Å². The van der Waals surface area contributed by atoms with Crippen molar-refractivity contribution < 1.29 is 9.53 Å². The molecule has 0 saturated carbocycles. The molecule has 3 N–H and O–H groups in total. The first kappa shape index (κ1) is 13.6. The predicted molar refractivity (Wildman–Crippen MR) is 72.8 cm³/mol. The fourth-order valence-corrected chi connectivity index (χ4v) is 2.40. The zero-order valence-corrected chi connectivity index (χ0v) is 11.4. The van der Waals surface area contributed by atoms with Gasteiger partial charge >= 0.3 is 0 Å². The number of hydrogen-bond donors (Lipinski definition) is 2. The first-order valence-corrected chi connectivity index (χ1v) is 6.79. The molecule has 6 nitrogen and oxygen atoms in total. The van der Waals surface area contributed by atoms with Gasteiger partial charge in [-0.3, -0.25) is 14.9 Å². The molecule has 1 amide bonds. The Kier molecular flexibility index (Phi) is 4.53. The standard InChI is InChI=1S/C12H16N4O2S/c1-2-5-16-7-9(6-14-16)18-8-10-3-4-11(19-10)12(17)15-13/h3-4,6-7H,2,5,8,13H2,1H3,(H,15,17). The van der Waals surface area contributed by atoms with Gasteiger partial charge in [-0.1, -0.05) is 6.92 Å². The summed E-state index contributed by atoms with van der Waals surface area (Å²) in [6.07, 6.45) is 4.59. The van der Waals surface area contributed by atoms with Crippen LogP contribution in [0.15, 0.2) is 24.5 Å². The smallest absolute Gasteiger partial charge is 0.275 e. The molecule has 0 fully saturated rings. The lowest BCUT2D eigenvalue weighted by Gasteiger charge is -2.00. The molecule has 0 aliphatic heterocycles. The van der Waals surface area contributed by atoms with Crippen LogP contribution in [0, 0.1) is 0 Å². The van der Waals surface area contributed by atoms with E-state index in [1.165, 1.54) is 11.3 Å². The maximum atomic E-state index is 11.3. The Labute approximate surface area is 115 Å². The Hall–Kier alpha value is -1.86. The van der Waals surface area contributed by atoms with Gasteiger partial charge in [0.15, 0.2) is 5.75 Å². The van der Waals surface area contributed by atoms with Gasteiger partial charge in [-0.25, -0.2) is 5.84 Å². The summed E-state index contributed by atoms with van der Waals surface area (Å²) in [5, 5.41) is 4.18. The SMILES string of the molecule is CCCn1cc(OCc2ccc(C(=O)NN)s2)cn1. The van der Waals surface area contributed by atoms with Gasteiger partial charge < -0.3 is 4.74 Å². The zero-order chi connectivity index (χ0) is 13.7. The highest BCUT2D eigenvalue weighted by Crippen LogP contribution is 2.19. The van der Waals surface area contributed by atoms with Crippen LogP contribution in [0.1, 0.15) is 27.9 Å². The summed E-state index contributed by atoms with van der Waals surface area (Å²) in [6, 6.07) is 3.58. The second-order valence-corrected chi connectivity index (χ2v) is 5.14. The van der Waals surface area contributed by atoms with E-state index in [-0.39, 0.29) is 5.91 Å². The Morgan fingerprint density at radius 3 is 3.16 bits per heavy atom. The first-order valence-electron chi connectivity index (χ1n) is 5.98. The van der Waals surface area contributed by atoms with E-state index < -0.39 is 0 Å². The van der Waals surface area contributed by atoms with Gasteiger partial charge in [0.1, 0.15) is 6.61 Å². The van der Waals surface area contributed by atoms with Crippen molar-refractivity contribution >= 4 is 17.2 Å². The molecule has 2 heterocycles. The average molecular weight is 280 g/mol. The Morgan fingerprint density at radius 2 is 2.42 bits per heavy atom. The minimum absolute atomic E-state index is 0.285. The van der Waals surface area contributed by atoms with Crippen LogP contribution in [0.25, 0.3) is 0 Å². The lowest BCUT2D eigenvalue weighted by molar-refractivity contribution is 0.0957. The Bertz CT molecular complexity index is 549. The van der Waals surface area contributed by atoms with Crippen molar-refractivity contribution in [3.05, 3.63) is 34.3 Å². The van der Waals surface area contributed by atoms with E-state index >= 15 is 0 Å².